The number of carbonyl (C=O) groups is 6. The van der Waals surface area contributed by atoms with E-state index < -0.39 is 23.9 Å². The van der Waals surface area contributed by atoms with Gasteiger partial charge in [-0.25, -0.2) is 0 Å². The van der Waals surface area contributed by atoms with E-state index in [1.165, 1.54) is 163 Å². The maximum atomic E-state index is 11.6. The predicted molar refractivity (Wildman–Crippen MR) is 567 cm³/mol. The molecule has 0 aromatic rings. The lowest BCUT2D eigenvalue weighted by Crippen LogP contribution is -2.49. The van der Waals surface area contributed by atoms with Crippen LogP contribution in [0.5, 0.6) is 0 Å². The Labute approximate surface area is 830 Å². The summed E-state index contributed by atoms with van der Waals surface area (Å²) in [6.07, 6.45) is 10.5. The fraction of sp³-hybridized carbons (Fsp3) is 0.940. The largest absolute Gasteiger partial charge is 0.480 e. The SMILES string of the molecule is C.C.CC(=O)CN1CCCN(CC(=O)O)CCN(C(C)C)CCCN(CC(=O)O)CC1.CC(=O)CN1CCN(CC(=O)O)CCN(C(C)C)CCN(CC(=O)O)CC1.CC(C)N1CCCN2CCNCCCN(CC2)CC1.CC(C)N1CCCNCCCNCCC1.CC(C)N1CCCNCCNCCCNCC1.CC(C)N1CCNCCNCC1.CC(C)N1CCNCCNCCNCC1. The molecule has 2 unspecified atom stereocenters. The Balaban J connectivity index is 0.00000159. The summed E-state index contributed by atoms with van der Waals surface area (Å²) in [6.45, 7) is 89.7. The third kappa shape index (κ3) is 75.0. The number of nitrogens with zero attached hydrogens (tertiary/aromatic N) is 15. The summed E-state index contributed by atoms with van der Waals surface area (Å²) < 4.78 is 0. The summed E-state index contributed by atoms with van der Waals surface area (Å²) in [7, 11) is 0. The van der Waals surface area contributed by atoms with Gasteiger partial charge >= 0.3 is 23.9 Å². The van der Waals surface area contributed by atoms with E-state index in [-0.39, 0.29) is 52.6 Å². The lowest BCUT2D eigenvalue weighted by molar-refractivity contribution is -0.139. The Kier molecular flexibility index (Phi) is 84.2. The molecule has 0 aromatic carbocycles. The zero-order chi connectivity index (χ0) is 98.7. The topological polar surface area (TPSA) is 364 Å². The Morgan fingerprint density at radius 1 is 0.184 bits per heavy atom. The molecule has 0 aromatic heterocycles. The fourth-order valence-corrected chi connectivity index (χ4v) is 17.6. The molecular formula is C100H216N26O10. The van der Waals surface area contributed by atoms with E-state index in [4.69, 9.17) is 0 Å². The highest BCUT2D eigenvalue weighted by atomic mass is 16.4. The Morgan fingerprint density at radius 3 is 0.662 bits per heavy atom. The van der Waals surface area contributed by atoms with E-state index in [0.29, 0.717) is 134 Å². The van der Waals surface area contributed by atoms with Crippen LogP contribution in [-0.4, -0.2) is 564 Å². The van der Waals surface area contributed by atoms with Crippen LogP contribution in [0, 0.1) is 0 Å². The molecule has 2 atom stereocenters. The van der Waals surface area contributed by atoms with Crippen molar-refractivity contribution < 1.29 is 49.2 Å². The zero-order valence-corrected chi connectivity index (χ0v) is 88.3. The van der Waals surface area contributed by atoms with Gasteiger partial charge in [0.2, 0.25) is 0 Å². The van der Waals surface area contributed by atoms with Crippen molar-refractivity contribution in [2.45, 2.75) is 226 Å². The summed E-state index contributed by atoms with van der Waals surface area (Å²) in [5.41, 5.74) is 0. The third-order valence-electron chi connectivity index (χ3n) is 26.0. The molecule has 0 aliphatic carbocycles. The van der Waals surface area contributed by atoms with Gasteiger partial charge in [0.05, 0.1) is 39.3 Å². The summed E-state index contributed by atoms with van der Waals surface area (Å²) in [4.78, 5) is 102. The minimum absolute atomic E-state index is 0. The van der Waals surface area contributed by atoms with Crippen LogP contribution in [0.3, 0.4) is 0 Å². The molecule has 806 valence electrons. The quantitative estimate of drug-likeness (QED) is 0.0881. The number of fused-ring (bicyclic) bond motifs is 3. The first-order valence-electron chi connectivity index (χ1n) is 52.9. The van der Waals surface area contributed by atoms with Crippen molar-refractivity contribution in [1.82, 2.24) is 132 Å². The van der Waals surface area contributed by atoms with Gasteiger partial charge in [-0.05, 0) is 273 Å². The average Bonchev–Trinajstić information content (AvgIpc) is 0.984. The molecular weight excluding hydrogens is 1730 g/mol. The van der Waals surface area contributed by atoms with Gasteiger partial charge in [0.15, 0.2) is 0 Å². The van der Waals surface area contributed by atoms with E-state index >= 15 is 0 Å². The third-order valence-corrected chi connectivity index (χ3v) is 26.0. The number of rotatable bonds is 19. The van der Waals surface area contributed by atoms with Crippen LogP contribution in [-0.2, 0) is 28.8 Å². The fourth-order valence-electron chi connectivity index (χ4n) is 17.6. The number of aliphatic carboxylic acids is 4. The maximum Gasteiger partial charge on any atom is 0.317 e. The molecule has 8 fully saturated rings. The normalized spacial score (nSPS) is 23.0. The van der Waals surface area contributed by atoms with Crippen LogP contribution in [0.2, 0.25) is 0 Å². The molecule has 8 rings (SSSR count). The number of nitrogens with one attached hydrogen (secondary N) is 11. The van der Waals surface area contributed by atoms with Crippen LogP contribution in [0.1, 0.15) is 183 Å². The zero-order valence-electron chi connectivity index (χ0n) is 88.3. The van der Waals surface area contributed by atoms with Gasteiger partial charge in [-0.3, -0.25) is 87.6 Å². The monoisotopic (exact) mass is 1940 g/mol. The number of ketones is 2. The number of hydrogen-bond donors (Lipinski definition) is 15. The van der Waals surface area contributed by atoms with Crippen molar-refractivity contribution in [3.63, 3.8) is 0 Å². The number of carbonyl (C=O) groups excluding carboxylic acids is 2. The van der Waals surface area contributed by atoms with Gasteiger partial charge in [0.25, 0.3) is 0 Å². The lowest BCUT2D eigenvalue weighted by atomic mass is 10.2. The summed E-state index contributed by atoms with van der Waals surface area (Å²) >= 11 is 0. The maximum absolute atomic E-state index is 11.6. The summed E-state index contributed by atoms with van der Waals surface area (Å²) in [6, 6.07) is 3.99. The molecule has 8 heterocycles. The Morgan fingerprint density at radius 2 is 0.353 bits per heavy atom. The second-order valence-corrected chi connectivity index (χ2v) is 39.7. The van der Waals surface area contributed by atoms with E-state index in [0.717, 1.165) is 176 Å². The second-order valence-electron chi connectivity index (χ2n) is 39.7. The summed E-state index contributed by atoms with van der Waals surface area (Å²) in [5.74, 6) is -3.26. The standard InChI is InChI=1S/C20H38N4O5.C18H34N4O5.C15H32N4.C13H30N4.C12H27N3.C11H26N4.C9H21N3.2CH4/c1-17(2)24-9-5-8-22(15-19(26)27)11-10-21(14-18(3)25)6-4-7-23(12-13-24)16-20(28)29;1-15(2)22-10-8-20(13-17(24)25)6-4-19(12-16(3)23)5-7-21(9-11-22)14-18(26)27;1-15(2)19-9-4-8-17-10-6-16-5-3-7-18(12-11-17)13-14-19;1-13(2)17-11-4-7-15-9-8-14-5-3-6-16-10-12-17;1-12(2)15-10-4-8-13-6-3-7-14-9-5-11-15;1-11(2)15-9-7-13-5-3-12-4-6-14-8-10-15;1-9(2)12-7-5-10-3-4-11-6-8-12;;/h17H,4-16H2,1-3H3,(H,26,27)(H,28,29);15H,4-14H2,1-3H3,(H,24,25)(H,26,27);15-16H,3-14H2,1-2H3;13-16H,3-12H2,1-2H3;12-14H,3-11H2,1-2H3;11-14H,3-10H2,1-2H3;9-11H,3-8H2,1-2H3;2*1H4. The van der Waals surface area contributed by atoms with Gasteiger partial charge < -0.3 is 93.6 Å². The molecule has 0 radical (unpaired) electrons. The minimum atomic E-state index is -0.857. The molecule has 8 aliphatic rings. The number of Topliss-reactive ketones (excluding diaryl/α,β-unsaturated/α-hetero) is 2. The first-order valence-corrected chi connectivity index (χ1v) is 52.9. The van der Waals surface area contributed by atoms with Gasteiger partial charge in [0.1, 0.15) is 11.6 Å². The highest BCUT2D eigenvalue weighted by molar-refractivity contribution is 5.78. The second kappa shape index (κ2) is 86.6. The van der Waals surface area contributed by atoms with Crippen molar-refractivity contribution in [2.24, 2.45) is 0 Å². The molecule has 136 heavy (non-hydrogen) atoms. The predicted octanol–water partition coefficient (Wildman–Crippen LogP) is 2.19. The number of hydrogen-bond acceptors (Lipinski definition) is 32. The molecule has 0 spiro atoms. The van der Waals surface area contributed by atoms with Crippen molar-refractivity contribution in [2.75, 3.05) is 393 Å². The minimum Gasteiger partial charge on any atom is -0.480 e. The van der Waals surface area contributed by atoms with Crippen LogP contribution in [0.4, 0.5) is 0 Å². The van der Waals surface area contributed by atoms with Crippen molar-refractivity contribution in [3.8, 4) is 0 Å². The van der Waals surface area contributed by atoms with Crippen LogP contribution < -0.4 is 58.5 Å². The Bertz CT molecular complexity index is 2720. The van der Waals surface area contributed by atoms with Gasteiger partial charge in [-0.15, -0.1) is 0 Å². The molecule has 2 bridgehead atoms. The van der Waals surface area contributed by atoms with E-state index in [1.54, 1.807) is 6.92 Å². The molecule has 8 aliphatic heterocycles. The molecule has 0 amide bonds. The highest BCUT2D eigenvalue weighted by Gasteiger charge is 2.25. The van der Waals surface area contributed by atoms with Gasteiger partial charge in [-0.1, -0.05) is 14.9 Å². The smallest absolute Gasteiger partial charge is 0.317 e. The molecule has 15 N–H and O–H groups in total. The average molecular weight is 1940 g/mol. The molecule has 0 saturated carbocycles. The van der Waals surface area contributed by atoms with Crippen molar-refractivity contribution >= 4 is 35.4 Å². The molecule has 36 nitrogen and oxygen atoms in total. The first kappa shape index (κ1) is 132. The van der Waals surface area contributed by atoms with E-state index in [9.17, 15) is 49.2 Å². The summed E-state index contributed by atoms with van der Waals surface area (Å²) in [5, 5.41) is 75.0. The highest BCUT2D eigenvalue weighted by Crippen LogP contribution is 2.12. The van der Waals surface area contributed by atoms with Crippen LogP contribution in [0.15, 0.2) is 0 Å². The lowest BCUT2D eigenvalue weighted by Gasteiger charge is -2.35. The van der Waals surface area contributed by atoms with Crippen molar-refractivity contribution in [3.05, 3.63) is 0 Å². The van der Waals surface area contributed by atoms with Crippen LogP contribution >= 0.6 is 0 Å². The van der Waals surface area contributed by atoms with Gasteiger partial charge in [-0.2, -0.15) is 0 Å². The number of carboxylic acid groups (broad SMARTS) is 4. The van der Waals surface area contributed by atoms with Crippen molar-refractivity contribution in [1.29, 1.82) is 0 Å². The van der Waals surface area contributed by atoms with Gasteiger partial charge in [0, 0.05) is 291 Å². The number of carboxylic acids is 4. The van der Waals surface area contributed by atoms with E-state index in [2.05, 4.69) is 200 Å². The molecule has 8 saturated heterocycles. The van der Waals surface area contributed by atoms with Crippen LogP contribution in [0.25, 0.3) is 0 Å². The van der Waals surface area contributed by atoms with E-state index in [1.807, 2.05) is 29.4 Å². The first-order chi connectivity index (χ1) is 64.3. The Hall–Kier alpha value is -3.82. The molecule has 36 heteroatoms.